The van der Waals surface area contributed by atoms with Gasteiger partial charge >= 0.3 is 0 Å². The fraction of sp³-hybridized carbons (Fsp3) is 1.00. The average molecular weight is 124 g/mol. The van der Waals surface area contributed by atoms with Gasteiger partial charge in [0.1, 0.15) is 0 Å². The second-order valence-corrected chi connectivity index (χ2v) is 1.08. The van der Waals surface area contributed by atoms with E-state index in [4.69, 9.17) is 10.2 Å². The van der Waals surface area contributed by atoms with E-state index >= 15 is 0 Å². The van der Waals surface area contributed by atoms with Gasteiger partial charge in [-0.15, -0.1) is 0 Å². The first-order chi connectivity index (χ1) is 3.41. The van der Waals surface area contributed by atoms with Crippen molar-refractivity contribution in [2.45, 2.75) is 19.8 Å². The van der Waals surface area contributed by atoms with Crippen molar-refractivity contribution in [3.63, 3.8) is 0 Å². The minimum Gasteiger partial charge on any atom is -0.412 e. The van der Waals surface area contributed by atoms with Crippen LogP contribution in [-0.4, -0.2) is 29.4 Å². The highest BCUT2D eigenvalue weighted by Crippen LogP contribution is 1.78. The van der Waals surface area contributed by atoms with Crippen molar-refractivity contribution in [3.05, 3.63) is 0 Å². The Hall–Kier alpha value is -0.120. The van der Waals surface area contributed by atoms with E-state index in [2.05, 4.69) is 6.92 Å². The highest BCUT2D eigenvalue weighted by atomic mass is 16.3. The van der Waals surface area contributed by atoms with Crippen LogP contribution in [0.2, 0.25) is 0 Å². The minimum absolute atomic E-state index is 0. The second-order valence-electron chi connectivity index (χ2n) is 1.08. The molecule has 0 aliphatic heterocycles. The van der Waals surface area contributed by atoms with Crippen LogP contribution in [0.5, 0.6) is 0 Å². The number of rotatable bonds is 2. The Balaban J connectivity index is -0.0000000750. The van der Waals surface area contributed by atoms with Crippen LogP contribution in [0.4, 0.5) is 0 Å². The van der Waals surface area contributed by atoms with Crippen LogP contribution in [0.15, 0.2) is 0 Å². The third-order valence-electron chi connectivity index (χ3n) is 0.512. The van der Waals surface area contributed by atoms with Crippen molar-refractivity contribution in [2.75, 3.05) is 13.7 Å². The van der Waals surface area contributed by atoms with E-state index in [1.165, 1.54) is 0 Å². The molecule has 0 saturated carbocycles. The molecule has 54 valence electrons. The third-order valence-corrected chi connectivity index (χ3v) is 0.512. The summed E-state index contributed by atoms with van der Waals surface area (Å²) in [5.74, 6) is 0. The topological polar surface area (TPSA) is 72.0 Å². The molecule has 4 N–H and O–H groups in total. The van der Waals surface area contributed by atoms with Crippen molar-refractivity contribution in [1.29, 1.82) is 0 Å². The standard InChI is InChI=1S/C4H10O.CH4O.H2O/c1-2-3-4-5;1-2;/h5H,2-4H2,1H3;2H,1H3;1H2. The van der Waals surface area contributed by atoms with Crippen LogP contribution in [0.25, 0.3) is 0 Å². The quantitative estimate of drug-likeness (QED) is 0.524. The van der Waals surface area contributed by atoms with Gasteiger partial charge < -0.3 is 15.7 Å². The molecule has 3 nitrogen and oxygen atoms in total. The lowest BCUT2D eigenvalue weighted by molar-refractivity contribution is 0.287. The number of unbranched alkanes of at least 4 members (excludes halogenated alkanes) is 1. The first kappa shape index (κ1) is 15.7. The Morgan fingerprint density at radius 3 is 1.62 bits per heavy atom. The number of aliphatic hydroxyl groups is 2. The van der Waals surface area contributed by atoms with Gasteiger partial charge in [-0.2, -0.15) is 0 Å². The molecule has 0 aromatic carbocycles. The Kier molecular flexibility index (Phi) is 56.1. The zero-order valence-corrected chi connectivity index (χ0v) is 5.52. The molecule has 0 spiro atoms. The van der Waals surface area contributed by atoms with E-state index in [9.17, 15) is 0 Å². The normalized spacial score (nSPS) is 6.00. The summed E-state index contributed by atoms with van der Waals surface area (Å²) in [6, 6.07) is 0. The van der Waals surface area contributed by atoms with Crippen LogP contribution in [-0.2, 0) is 0 Å². The fourth-order valence-electron chi connectivity index (χ4n) is 0.158. The molecule has 0 unspecified atom stereocenters. The van der Waals surface area contributed by atoms with E-state index in [1.807, 2.05) is 0 Å². The molecule has 3 heteroatoms. The summed E-state index contributed by atoms with van der Waals surface area (Å²) in [6.07, 6.45) is 2.04. The van der Waals surface area contributed by atoms with Gasteiger partial charge in [-0.1, -0.05) is 13.3 Å². The van der Waals surface area contributed by atoms with Gasteiger partial charge in [0.2, 0.25) is 0 Å². The van der Waals surface area contributed by atoms with Gasteiger partial charge in [-0.3, -0.25) is 0 Å². The predicted octanol–water partition coefficient (Wildman–Crippen LogP) is -0.437. The molecule has 0 bridgehead atoms. The molecule has 0 aromatic heterocycles. The molecular weight excluding hydrogens is 108 g/mol. The number of aliphatic hydroxyl groups excluding tert-OH is 2. The van der Waals surface area contributed by atoms with E-state index in [-0.39, 0.29) is 5.48 Å². The van der Waals surface area contributed by atoms with Crippen molar-refractivity contribution < 1.29 is 15.7 Å². The Labute approximate surface area is 50.3 Å². The van der Waals surface area contributed by atoms with Gasteiger partial charge in [0.05, 0.1) is 0 Å². The van der Waals surface area contributed by atoms with Crippen molar-refractivity contribution in [3.8, 4) is 0 Å². The van der Waals surface area contributed by atoms with E-state index < -0.39 is 0 Å². The van der Waals surface area contributed by atoms with Crippen LogP contribution >= 0.6 is 0 Å². The lowest BCUT2D eigenvalue weighted by Gasteiger charge is -1.79. The maximum Gasteiger partial charge on any atom is 0.0430 e. The Bertz CT molecular complexity index is 15.1. The zero-order chi connectivity index (χ0) is 6.12. The summed E-state index contributed by atoms with van der Waals surface area (Å²) in [5.41, 5.74) is 0. The summed E-state index contributed by atoms with van der Waals surface area (Å²) < 4.78 is 0. The molecule has 0 fully saturated rings. The Morgan fingerprint density at radius 1 is 1.25 bits per heavy atom. The van der Waals surface area contributed by atoms with Crippen molar-refractivity contribution in [1.82, 2.24) is 0 Å². The lowest BCUT2D eigenvalue weighted by atomic mass is 10.4. The summed E-state index contributed by atoms with van der Waals surface area (Å²) in [6.45, 7) is 2.40. The molecule has 0 aliphatic carbocycles. The fourth-order valence-corrected chi connectivity index (χ4v) is 0.158. The lowest BCUT2D eigenvalue weighted by Crippen LogP contribution is -1.75. The monoisotopic (exact) mass is 124 g/mol. The van der Waals surface area contributed by atoms with Gasteiger partial charge in [0, 0.05) is 13.7 Å². The average Bonchev–Trinajstić information content (AvgIpc) is 1.75. The number of hydrogen-bond acceptors (Lipinski definition) is 2. The molecule has 0 atom stereocenters. The molecular formula is C5H16O3. The van der Waals surface area contributed by atoms with E-state index in [0.29, 0.717) is 6.61 Å². The van der Waals surface area contributed by atoms with Gasteiger partial charge in [-0.25, -0.2) is 0 Å². The zero-order valence-electron chi connectivity index (χ0n) is 5.52. The largest absolute Gasteiger partial charge is 0.412 e. The molecule has 8 heavy (non-hydrogen) atoms. The molecule has 0 saturated heterocycles. The first-order valence-electron chi connectivity index (χ1n) is 2.47. The third kappa shape index (κ3) is 39.6. The van der Waals surface area contributed by atoms with Crippen molar-refractivity contribution >= 4 is 0 Å². The second kappa shape index (κ2) is 28.7. The smallest absolute Gasteiger partial charge is 0.0430 e. The molecule has 0 radical (unpaired) electrons. The van der Waals surface area contributed by atoms with E-state index in [1.54, 1.807) is 0 Å². The van der Waals surface area contributed by atoms with Crippen LogP contribution in [0.1, 0.15) is 19.8 Å². The predicted molar refractivity (Wildman–Crippen MR) is 33.8 cm³/mol. The molecule has 0 aliphatic rings. The van der Waals surface area contributed by atoms with Crippen molar-refractivity contribution in [2.24, 2.45) is 0 Å². The first-order valence-corrected chi connectivity index (χ1v) is 2.47. The summed E-state index contributed by atoms with van der Waals surface area (Å²) in [4.78, 5) is 0. The van der Waals surface area contributed by atoms with Gasteiger partial charge in [0.25, 0.3) is 0 Å². The van der Waals surface area contributed by atoms with Crippen LogP contribution in [0, 0.1) is 0 Å². The SMILES string of the molecule is CCCCO.CO.O. The molecule has 0 heterocycles. The van der Waals surface area contributed by atoms with Gasteiger partial charge in [-0.05, 0) is 6.42 Å². The summed E-state index contributed by atoms with van der Waals surface area (Å²) in [7, 11) is 1.00. The highest BCUT2D eigenvalue weighted by Gasteiger charge is 1.69. The van der Waals surface area contributed by atoms with Crippen LogP contribution < -0.4 is 0 Å². The van der Waals surface area contributed by atoms with Gasteiger partial charge in [0.15, 0.2) is 0 Å². The molecule has 0 aromatic rings. The Morgan fingerprint density at radius 2 is 1.62 bits per heavy atom. The minimum atomic E-state index is 0. The summed E-state index contributed by atoms with van der Waals surface area (Å²) >= 11 is 0. The van der Waals surface area contributed by atoms with Crippen LogP contribution in [0.3, 0.4) is 0 Å². The summed E-state index contributed by atoms with van der Waals surface area (Å²) in [5, 5.41) is 15.1. The van der Waals surface area contributed by atoms with E-state index in [0.717, 1.165) is 20.0 Å². The highest BCUT2D eigenvalue weighted by molar-refractivity contribution is 4.23. The number of hydrogen-bond donors (Lipinski definition) is 2. The maximum absolute atomic E-state index is 8.07. The molecule has 0 rings (SSSR count). The molecule has 0 amide bonds. The maximum atomic E-state index is 8.07.